The number of rotatable bonds is 22. The van der Waals surface area contributed by atoms with Crippen LogP contribution in [0, 0.1) is 0 Å². The molecule has 0 aromatic heterocycles. The summed E-state index contributed by atoms with van der Waals surface area (Å²) in [5, 5.41) is 0. The molecule has 168 valence electrons. The average molecular weight is 436 g/mol. The van der Waals surface area contributed by atoms with Crippen LogP contribution in [0.5, 0.6) is 0 Å². The van der Waals surface area contributed by atoms with Crippen LogP contribution < -0.4 is 18.9 Å². The van der Waals surface area contributed by atoms with Gasteiger partial charge in [-0.1, -0.05) is 134 Å². The van der Waals surface area contributed by atoms with Gasteiger partial charge in [0.15, 0.2) is 0 Å². The van der Waals surface area contributed by atoms with Crippen molar-refractivity contribution in [2.24, 2.45) is 0 Å². The second-order valence-corrected chi connectivity index (χ2v) is 9.65. The smallest absolute Gasteiger partial charge is 0.411 e. The summed E-state index contributed by atoms with van der Waals surface area (Å²) in [4.78, 5) is 2.28. The molecule has 0 fully saturated rings. The standard InChI is InChI=1S/C25H51NS2.Li/c1-3-5-7-9-11-13-15-17-19-21-23-26(25(27)28)24-22-20-18-16-14-12-10-8-6-4-2;/h3-24H2,1-2H3,(H,27,28);/q;+1/p-1. The van der Waals surface area contributed by atoms with E-state index in [1.165, 1.54) is 128 Å². The van der Waals surface area contributed by atoms with Crippen LogP contribution >= 0.6 is 12.2 Å². The Hall–Kier alpha value is 0.707. The third-order valence-electron chi connectivity index (χ3n) is 5.82. The van der Waals surface area contributed by atoms with Crippen LogP contribution in [0.25, 0.3) is 0 Å². The second kappa shape index (κ2) is 26.7. The minimum atomic E-state index is 0. The molecule has 29 heavy (non-hydrogen) atoms. The van der Waals surface area contributed by atoms with Crippen molar-refractivity contribution in [3.05, 3.63) is 0 Å². The van der Waals surface area contributed by atoms with Gasteiger partial charge < -0.3 is 29.7 Å². The molecule has 0 N–H and O–H groups in total. The number of thiocarbonyl (C=S) groups is 1. The number of hydrogen-bond acceptors (Lipinski definition) is 2. The molecule has 0 aromatic rings. The molecule has 4 heteroatoms. The van der Waals surface area contributed by atoms with Gasteiger partial charge in [0, 0.05) is 13.1 Å². The maximum absolute atomic E-state index is 5.30. The van der Waals surface area contributed by atoms with Crippen molar-refractivity contribution >= 4 is 29.2 Å². The van der Waals surface area contributed by atoms with Crippen LogP contribution in [0.15, 0.2) is 0 Å². The zero-order chi connectivity index (χ0) is 20.7. The van der Waals surface area contributed by atoms with Gasteiger partial charge in [-0.3, -0.25) is 0 Å². The van der Waals surface area contributed by atoms with Gasteiger partial charge in [-0.15, -0.1) is 0 Å². The third kappa shape index (κ3) is 24.8. The Morgan fingerprint density at radius 3 is 1.00 bits per heavy atom. The topological polar surface area (TPSA) is 3.24 Å². The van der Waals surface area contributed by atoms with Crippen LogP contribution in [0.1, 0.15) is 142 Å². The SMILES string of the molecule is CCCCCCCCCCCCN(CCCCCCCCCCCC)C(=S)[S-].[Li+]. The van der Waals surface area contributed by atoms with E-state index in [2.05, 4.69) is 18.7 Å². The zero-order valence-electron chi connectivity index (χ0n) is 20.3. The number of unbranched alkanes of at least 4 members (excludes halogenated alkanes) is 18. The first-order valence-corrected chi connectivity index (χ1v) is 13.5. The van der Waals surface area contributed by atoms with Crippen molar-refractivity contribution < 1.29 is 18.9 Å². The van der Waals surface area contributed by atoms with Gasteiger partial charge in [-0.05, 0) is 12.8 Å². The van der Waals surface area contributed by atoms with E-state index >= 15 is 0 Å². The van der Waals surface area contributed by atoms with E-state index in [-0.39, 0.29) is 18.9 Å². The molecule has 0 bridgehead atoms. The predicted octanol–water partition coefficient (Wildman–Crippen LogP) is 5.97. The van der Waals surface area contributed by atoms with Crippen molar-refractivity contribution in [2.45, 2.75) is 142 Å². The van der Waals surface area contributed by atoms with E-state index < -0.39 is 0 Å². The summed E-state index contributed by atoms with van der Waals surface area (Å²) in [6.07, 6.45) is 27.7. The van der Waals surface area contributed by atoms with Crippen molar-refractivity contribution in [2.75, 3.05) is 13.1 Å². The molecule has 0 amide bonds. The van der Waals surface area contributed by atoms with Crippen molar-refractivity contribution in [3.63, 3.8) is 0 Å². The van der Waals surface area contributed by atoms with E-state index in [4.69, 9.17) is 24.8 Å². The summed E-state index contributed by atoms with van der Waals surface area (Å²) in [6, 6.07) is 0. The Balaban J connectivity index is 0. The maximum Gasteiger partial charge on any atom is 1.00 e. The van der Waals surface area contributed by atoms with E-state index in [1.807, 2.05) is 0 Å². The third-order valence-corrected chi connectivity index (χ3v) is 6.34. The fourth-order valence-electron chi connectivity index (χ4n) is 3.87. The van der Waals surface area contributed by atoms with E-state index in [9.17, 15) is 0 Å². The van der Waals surface area contributed by atoms with Crippen molar-refractivity contribution in [3.8, 4) is 0 Å². The minimum Gasteiger partial charge on any atom is -0.411 e. The van der Waals surface area contributed by atoms with Gasteiger partial charge in [0.2, 0.25) is 0 Å². The largest absolute Gasteiger partial charge is 1.00 e. The molecule has 0 heterocycles. The Bertz CT molecular complexity index is 302. The van der Waals surface area contributed by atoms with E-state index in [0.717, 1.165) is 13.1 Å². The van der Waals surface area contributed by atoms with Gasteiger partial charge in [-0.2, -0.15) is 0 Å². The summed E-state index contributed by atoms with van der Waals surface area (Å²) in [7, 11) is 0. The van der Waals surface area contributed by atoms with E-state index in [0.29, 0.717) is 4.32 Å². The number of nitrogens with zero attached hydrogens (tertiary/aromatic N) is 1. The van der Waals surface area contributed by atoms with Crippen molar-refractivity contribution in [1.82, 2.24) is 4.90 Å². The van der Waals surface area contributed by atoms with Crippen LogP contribution in [0.3, 0.4) is 0 Å². The molecule has 0 saturated carbocycles. The monoisotopic (exact) mass is 435 g/mol. The fourth-order valence-corrected chi connectivity index (χ4v) is 4.24. The van der Waals surface area contributed by atoms with Crippen LogP contribution in [-0.2, 0) is 12.6 Å². The van der Waals surface area contributed by atoms with Crippen LogP contribution in [0.2, 0.25) is 0 Å². The summed E-state index contributed by atoms with van der Waals surface area (Å²) in [6.45, 7) is 6.73. The summed E-state index contributed by atoms with van der Waals surface area (Å²) < 4.78 is 0.687. The second-order valence-electron chi connectivity index (χ2n) is 8.62. The molecule has 1 nitrogen and oxygen atoms in total. The molecule has 0 aliphatic rings. The summed E-state index contributed by atoms with van der Waals surface area (Å²) in [5.74, 6) is 0. The Morgan fingerprint density at radius 1 is 0.517 bits per heavy atom. The molecular formula is C25H50LiNS2. The van der Waals surface area contributed by atoms with E-state index in [1.54, 1.807) is 0 Å². The molecule has 0 aliphatic heterocycles. The fraction of sp³-hybridized carbons (Fsp3) is 0.960. The summed E-state index contributed by atoms with van der Waals surface area (Å²) in [5.41, 5.74) is 0. The normalized spacial score (nSPS) is 10.7. The minimum absolute atomic E-state index is 0. The maximum atomic E-state index is 5.30. The molecule has 0 aromatic carbocycles. The van der Waals surface area contributed by atoms with Gasteiger partial charge >= 0.3 is 18.9 Å². The first-order valence-electron chi connectivity index (χ1n) is 12.7. The Labute approximate surface area is 207 Å². The molecule has 0 aliphatic carbocycles. The van der Waals surface area contributed by atoms with Crippen LogP contribution in [-0.4, -0.2) is 22.3 Å². The molecule has 0 saturated heterocycles. The molecule has 0 atom stereocenters. The molecule has 0 radical (unpaired) electrons. The first kappa shape index (κ1) is 31.9. The van der Waals surface area contributed by atoms with Gasteiger partial charge in [-0.25, -0.2) is 0 Å². The quantitative estimate of drug-likeness (QED) is 0.0893. The Kier molecular flexibility index (Phi) is 29.4. The predicted molar refractivity (Wildman–Crippen MR) is 135 cm³/mol. The molecule has 0 rings (SSSR count). The van der Waals surface area contributed by atoms with Gasteiger partial charge in [0.1, 0.15) is 0 Å². The summed E-state index contributed by atoms with van der Waals surface area (Å²) >= 11 is 10.6. The van der Waals surface area contributed by atoms with Gasteiger partial charge in [0.25, 0.3) is 0 Å². The molecule has 0 unspecified atom stereocenters. The number of hydrogen-bond donors (Lipinski definition) is 0. The molecule has 0 spiro atoms. The molecular weight excluding hydrogens is 385 g/mol. The Morgan fingerprint density at radius 2 is 0.759 bits per heavy atom. The van der Waals surface area contributed by atoms with Crippen molar-refractivity contribution in [1.29, 1.82) is 0 Å². The average Bonchev–Trinajstić information content (AvgIpc) is 2.68. The van der Waals surface area contributed by atoms with Gasteiger partial charge in [0.05, 0.1) is 0 Å². The van der Waals surface area contributed by atoms with Crippen LogP contribution in [0.4, 0.5) is 0 Å². The first-order chi connectivity index (χ1) is 13.7. The zero-order valence-corrected chi connectivity index (χ0v) is 22.0.